The van der Waals surface area contributed by atoms with Crippen LogP contribution >= 0.6 is 15.9 Å². The fourth-order valence-electron chi connectivity index (χ4n) is 1.27. The number of halogens is 1. The number of hydrogen-bond donors (Lipinski definition) is 0. The van der Waals surface area contributed by atoms with E-state index in [9.17, 15) is 0 Å². The molecule has 0 spiro atoms. The number of nitrogens with zero attached hydrogens (tertiary/aromatic N) is 1. The van der Waals surface area contributed by atoms with Crippen molar-refractivity contribution in [2.45, 2.75) is 13.3 Å². The molecule has 1 nitrogen and oxygen atoms in total. The van der Waals surface area contributed by atoms with Gasteiger partial charge in [-0.1, -0.05) is 12.1 Å². The first kappa shape index (κ1) is 7.04. The molecule has 0 fully saturated rings. The third kappa shape index (κ3) is 1.11. The summed E-state index contributed by atoms with van der Waals surface area (Å²) in [6, 6.07) is 2.19. The van der Waals surface area contributed by atoms with E-state index in [-0.39, 0.29) is 0 Å². The first-order valence-electron chi connectivity index (χ1n) is 3.60. The summed E-state index contributed by atoms with van der Waals surface area (Å²) in [5.74, 6) is 0. The lowest BCUT2D eigenvalue weighted by atomic mass is 10.2. The second kappa shape index (κ2) is 2.45. The van der Waals surface area contributed by atoms with Gasteiger partial charge >= 0.3 is 0 Å². The van der Waals surface area contributed by atoms with Gasteiger partial charge in [0, 0.05) is 0 Å². The van der Waals surface area contributed by atoms with Crippen LogP contribution in [-0.4, -0.2) is 4.98 Å². The molecular weight excluding hydrogens is 202 g/mol. The quantitative estimate of drug-likeness (QED) is 0.600. The molecule has 0 saturated heterocycles. The Bertz CT molecular complexity index is 329. The Morgan fingerprint density at radius 3 is 3.18 bits per heavy atom. The monoisotopic (exact) mass is 209 g/mol. The van der Waals surface area contributed by atoms with Crippen LogP contribution in [0.3, 0.4) is 0 Å². The fraction of sp³-hybridized carbons (Fsp3) is 0.222. The molecule has 1 aliphatic rings. The highest BCUT2D eigenvalue weighted by Crippen LogP contribution is 2.22. The number of aryl methyl sites for hydroxylation is 1. The molecule has 0 radical (unpaired) electrons. The van der Waals surface area contributed by atoms with Crippen LogP contribution in [0.4, 0.5) is 0 Å². The van der Waals surface area contributed by atoms with Gasteiger partial charge in [-0.05, 0) is 46.5 Å². The third-order valence-corrected chi connectivity index (χ3v) is 2.68. The summed E-state index contributed by atoms with van der Waals surface area (Å²) in [6.07, 6.45) is 5.25. The molecule has 1 aromatic heterocycles. The van der Waals surface area contributed by atoms with E-state index in [4.69, 9.17) is 0 Å². The lowest BCUT2D eigenvalue weighted by Gasteiger charge is -2.01. The molecule has 1 heterocycles. The van der Waals surface area contributed by atoms with Crippen molar-refractivity contribution in [1.82, 2.24) is 4.98 Å². The molecule has 0 saturated carbocycles. The van der Waals surface area contributed by atoms with Crippen LogP contribution in [0.15, 0.2) is 16.7 Å². The second-order valence-corrected chi connectivity index (χ2v) is 3.50. The van der Waals surface area contributed by atoms with Gasteiger partial charge in [0.25, 0.3) is 0 Å². The first-order valence-corrected chi connectivity index (χ1v) is 4.39. The van der Waals surface area contributed by atoms with Gasteiger partial charge in [-0.25, -0.2) is 4.98 Å². The van der Waals surface area contributed by atoms with Crippen molar-refractivity contribution < 1.29 is 0 Å². The number of rotatable bonds is 0. The van der Waals surface area contributed by atoms with Crippen LogP contribution in [0.2, 0.25) is 0 Å². The minimum absolute atomic E-state index is 0.961. The highest BCUT2D eigenvalue weighted by molar-refractivity contribution is 9.10. The normalized spacial score (nSPS) is 13.6. The molecule has 0 aromatic carbocycles. The summed E-state index contributed by atoms with van der Waals surface area (Å²) in [4.78, 5) is 4.38. The number of hydrogen-bond acceptors (Lipinski definition) is 1. The van der Waals surface area contributed by atoms with Gasteiger partial charge < -0.3 is 0 Å². The Kier molecular flexibility index (Phi) is 1.57. The number of fused-ring (bicyclic) bond motifs is 1. The molecular formula is C9H8BrN. The molecule has 0 bridgehead atoms. The molecule has 0 amide bonds. The van der Waals surface area contributed by atoms with E-state index in [1.165, 1.54) is 11.1 Å². The molecule has 1 aliphatic carbocycles. The fourth-order valence-corrected chi connectivity index (χ4v) is 1.57. The maximum absolute atomic E-state index is 4.38. The van der Waals surface area contributed by atoms with E-state index < -0.39 is 0 Å². The van der Waals surface area contributed by atoms with Crippen molar-refractivity contribution in [1.29, 1.82) is 0 Å². The average Bonchev–Trinajstić information content (AvgIpc) is 2.36. The Morgan fingerprint density at radius 1 is 1.55 bits per heavy atom. The van der Waals surface area contributed by atoms with Crippen LogP contribution in [0.25, 0.3) is 6.08 Å². The highest BCUT2D eigenvalue weighted by atomic mass is 79.9. The Morgan fingerprint density at radius 2 is 2.36 bits per heavy atom. The van der Waals surface area contributed by atoms with Gasteiger partial charge in [0.1, 0.15) is 4.60 Å². The maximum atomic E-state index is 4.38. The van der Waals surface area contributed by atoms with E-state index in [0.29, 0.717) is 0 Å². The minimum Gasteiger partial charge on any atom is -0.241 e. The Labute approximate surface area is 74.3 Å². The summed E-state index contributed by atoms with van der Waals surface area (Å²) < 4.78 is 0.961. The van der Waals surface area contributed by atoms with Gasteiger partial charge in [0.15, 0.2) is 0 Å². The molecule has 0 aliphatic heterocycles. The first-order chi connectivity index (χ1) is 5.27. The van der Waals surface area contributed by atoms with E-state index in [2.05, 4.69) is 46.1 Å². The average molecular weight is 210 g/mol. The van der Waals surface area contributed by atoms with Crippen LogP contribution in [0, 0.1) is 6.92 Å². The molecule has 0 atom stereocenters. The maximum Gasteiger partial charge on any atom is 0.109 e. The van der Waals surface area contributed by atoms with Gasteiger partial charge in [-0.3, -0.25) is 0 Å². The minimum atomic E-state index is 0.961. The SMILES string of the molecule is Cc1cc2c(nc1Br)C=CC2. The van der Waals surface area contributed by atoms with Crippen LogP contribution < -0.4 is 0 Å². The summed E-state index contributed by atoms with van der Waals surface area (Å²) in [7, 11) is 0. The van der Waals surface area contributed by atoms with Crippen molar-refractivity contribution in [2.24, 2.45) is 0 Å². The van der Waals surface area contributed by atoms with Crippen LogP contribution in [-0.2, 0) is 6.42 Å². The zero-order chi connectivity index (χ0) is 7.84. The number of aromatic nitrogens is 1. The van der Waals surface area contributed by atoms with Crippen molar-refractivity contribution >= 4 is 22.0 Å². The third-order valence-electron chi connectivity index (χ3n) is 1.88. The zero-order valence-electron chi connectivity index (χ0n) is 6.26. The van der Waals surface area contributed by atoms with Gasteiger partial charge in [-0.15, -0.1) is 0 Å². The molecule has 2 rings (SSSR count). The van der Waals surface area contributed by atoms with E-state index in [1.54, 1.807) is 0 Å². The Hall–Kier alpha value is -0.630. The van der Waals surface area contributed by atoms with E-state index >= 15 is 0 Å². The van der Waals surface area contributed by atoms with Crippen molar-refractivity contribution in [3.05, 3.63) is 33.6 Å². The predicted molar refractivity (Wildman–Crippen MR) is 49.4 cm³/mol. The van der Waals surface area contributed by atoms with Gasteiger partial charge in [-0.2, -0.15) is 0 Å². The Balaban J connectivity index is 2.63. The van der Waals surface area contributed by atoms with Crippen molar-refractivity contribution in [3.8, 4) is 0 Å². The molecule has 0 unspecified atom stereocenters. The lowest BCUT2D eigenvalue weighted by Crippen LogP contribution is -1.89. The van der Waals surface area contributed by atoms with Crippen molar-refractivity contribution in [3.63, 3.8) is 0 Å². The summed E-state index contributed by atoms with van der Waals surface area (Å²) in [5, 5.41) is 0. The number of pyridine rings is 1. The zero-order valence-corrected chi connectivity index (χ0v) is 7.85. The summed E-state index contributed by atoms with van der Waals surface area (Å²) in [6.45, 7) is 2.07. The molecule has 0 N–H and O–H groups in total. The van der Waals surface area contributed by atoms with Crippen LogP contribution in [0.1, 0.15) is 16.8 Å². The van der Waals surface area contributed by atoms with Gasteiger partial charge in [0.2, 0.25) is 0 Å². The summed E-state index contributed by atoms with van der Waals surface area (Å²) in [5.41, 5.74) is 3.67. The predicted octanol–water partition coefficient (Wildman–Crippen LogP) is 2.72. The standard InChI is InChI=1S/C9H8BrN/c1-6-5-7-3-2-4-8(7)11-9(6)10/h2,4-5H,3H2,1H3. The topological polar surface area (TPSA) is 12.9 Å². The second-order valence-electron chi connectivity index (χ2n) is 2.75. The van der Waals surface area contributed by atoms with E-state index in [1.807, 2.05) is 0 Å². The van der Waals surface area contributed by atoms with Gasteiger partial charge in [0.05, 0.1) is 5.69 Å². The summed E-state index contributed by atoms with van der Waals surface area (Å²) >= 11 is 3.40. The molecule has 56 valence electrons. The number of allylic oxidation sites excluding steroid dienone is 1. The van der Waals surface area contributed by atoms with Crippen LogP contribution in [0.5, 0.6) is 0 Å². The lowest BCUT2D eigenvalue weighted by molar-refractivity contribution is 1.14. The largest absolute Gasteiger partial charge is 0.241 e. The molecule has 2 heteroatoms. The highest BCUT2D eigenvalue weighted by Gasteiger charge is 2.07. The molecule has 11 heavy (non-hydrogen) atoms. The van der Waals surface area contributed by atoms with Crippen molar-refractivity contribution in [2.75, 3.05) is 0 Å². The molecule has 1 aromatic rings. The smallest absolute Gasteiger partial charge is 0.109 e. The van der Waals surface area contributed by atoms with E-state index in [0.717, 1.165) is 16.7 Å².